The van der Waals surface area contributed by atoms with E-state index in [4.69, 9.17) is 5.73 Å². The van der Waals surface area contributed by atoms with E-state index in [0.717, 1.165) is 25.6 Å². The Hall–Kier alpha value is -3.10. The number of hydrogen-bond acceptors (Lipinski definition) is 8. The lowest BCUT2D eigenvalue weighted by atomic mass is 9.47. The van der Waals surface area contributed by atoms with Crippen LogP contribution in [0.4, 0.5) is 24.9 Å². The Morgan fingerprint density at radius 2 is 1.87 bits per heavy atom. The standard InChI is InChI=1S/C27H32F3N7O/c28-27(29,30)38-22-4-2-1-3-17(22)11-33-25-34-12-20(10-31)24(36-25)35-15-26-7-16-5-18(8-26)23(19(6-16)9-26)37-13-21(32)14-37/h1-4,12,16,18-19,21,23H,5-9,11,13-15,32H2,(H2,33,34,35,36)/t16?,18-,19+,23+,26-. The van der Waals surface area contributed by atoms with E-state index in [1.54, 1.807) is 12.1 Å². The number of nitrogens with one attached hydrogen (secondary N) is 2. The van der Waals surface area contributed by atoms with Gasteiger partial charge in [0.1, 0.15) is 23.2 Å². The molecule has 202 valence electrons. The number of hydrogen-bond donors (Lipinski definition) is 3. The number of nitrogens with two attached hydrogens (primary N) is 1. The number of alkyl halides is 3. The molecule has 0 radical (unpaired) electrons. The van der Waals surface area contributed by atoms with E-state index in [9.17, 15) is 18.4 Å². The molecule has 11 heteroatoms. The second-order valence-corrected chi connectivity index (χ2v) is 11.6. The monoisotopic (exact) mass is 527 g/mol. The summed E-state index contributed by atoms with van der Waals surface area (Å²) in [6.07, 6.45) is 2.83. The van der Waals surface area contributed by atoms with Crippen LogP contribution in [-0.2, 0) is 6.54 Å². The van der Waals surface area contributed by atoms with E-state index in [2.05, 4.69) is 36.3 Å². The van der Waals surface area contributed by atoms with E-state index in [-0.39, 0.29) is 23.7 Å². The molecule has 4 aliphatic carbocycles. The minimum absolute atomic E-state index is 0.0358. The summed E-state index contributed by atoms with van der Waals surface area (Å²) in [7, 11) is 0. The second-order valence-electron chi connectivity index (χ2n) is 11.6. The first-order valence-corrected chi connectivity index (χ1v) is 13.3. The van der Waals surface area contributed by atoms with Crippen LogP contribution in [0.2, 0.25) is 0 Å². The van der Waals surface area contributed by atoms with Gasteiger partial charge in [0.15, 0.2) is 0 Å². The maximum Gasteiger partial charge on any atom is 0.573 e. The highest BCUT2D eigenvalue weighted by Gasteiger charge is 2.57. The highest BCUT2D eigenvalue weighted by atomic mass is 19.4. The summed E-state index contributed by atoms with van der Waals surface area (Å²) in [5, 5.41) is 16.1. The van der Waals surface area contributed by atoms with Crippen LogP contribution in [-0.4, -0.2) is 52.9 Å². The van der Waals surface area contributed by atoms with Gasteiger partial charge in [0, 0.05) is 43.8 Å². The van der Waals surface area contributed by atoms with Gasteiger partial charge in [-0.2, -0.15) is 10.2 Å². The maximum atomic E-state index is 12.8. The molecule has 4 saturated carbocycles. The summed E-state index contributed by atoms with van der Waals surface area (Å²) < 4.78 is 42.4. The molecule has 7 rings (SSSR count). The summed E-state index contributed by atoms with van der Waals surface area (Å²) in [5.41, 5.74) is 6.93. The Morgan fingerprint density at radius 3 is 2.55 bits per heavy atom. The summed E-state index contributed by atoms with van der Waals surface area (Å²) in [5.74, 6) is 2.57. The molecule has 1 saturated heterocycles. The normalized spacial score (nSPS) is 30.5. The van der Waals surface area contributed by atoms with Gasteiger partial charge in [0.2, 0.25) is 5.95 Å². The number of nitrogens with zero attached hydrogens (tertiary/aromatic N) is 4. The third-order valence-corrected chi connectivity index (χ3v) is 8.89. The number of halogens is 3. The van der Waals surface area contributed by atoms with E-state index in [1.165, 1.54) is 50.4 Å². The third kappa shape index (κ3) is 4.99. The average Bonchev–Trinajstić information content (AvgIpc) is 2.84. The second kappa shape index (κ2) is 9.58. The van der Waals surface area contributed by atoms with Crippen LogP contribution in [0.3, 0.4) is 0 Å². The molecule has 2 aromatic rings. The van der Waals surface area contributed by atoms with Crippen LogP contribution in [0.15, 0.2) is 30.5 Å². The van der Waals surface area contributed by atoms with Crippen LogP contribution in [0.1, 0.15) is 43.2 Å². The van der Waals surface area contributed by atoms with Crippen LogP contribution in [0, 0.1) is 34.5 Å². The van der Waals surface area contributed by atoms with Gasteiger partial charge < -0.3 is 21.1 Å². The summed E-state index contributed by atoms with van der Waals surface area (Å²) in [6, 6.07) is 9.07. The van der Waals surface area contributed by atoms with Gasteiger partial charge in [0.05, 0.1) is 6.20 Å². The molecule has 2 heterocycles. The van der Waals surface area contributed by atoms with Gasteiger partial charge in [-0.15, -0.1) is 13.2 Å². The van der Waals surface area contributed by atoms with Crippen molar-refractivity contribution in [3.8, 4) is 11.8 Å². The zero-order valence-corrected chi connectivity index (χ0v) is 21.0. The number of anilines is 2. The van der Waals surface area contributed by atoms with Gasteiger partial charge in [-0.3, -0.25) is 4.90 Å². The molecular formula is C27H32F3N7O. The van der Waals surface area contributed by atoms with Crippen LogP contribution < -0.4 is 21.1 Å². The average molecular weight is 528 g/mol. The fourth-order valence-corrected chi connectivity index (χ4v) is 7.77. The van der Waals surface area contributed by atoms with Crippen molar-refractivity contribution in [3.63, 3.8) is 0 Å². The first-order chi connectivity index (χ1) is 18.2. The summed E-state index contributed by atoms with van der Waals surface area (Å²) in [4.78, 5) is 11.3. The van der Waals surface area contributed by atoms with Crippen molar-refractivity contribution in [2.24, 2.45) is 28.9 Å². The summed E-state index contributed by atoms with van der Waals surface area (Å²) in [6.45, 7) is 2.81. The lowest BCUT2D eigenvalue weighted by Gasteiger charge is -2.64. The van der Waals surface area contributed by atoms with E-state index in [0.29, 0.717) is 40.9 Å². The van der Waals surface area contributed by atoms with E-state index >= 15 is 0 Å². The fourth-order valence-electron chi connectivity index (χ4n) is 7.77. The lowest BCUT2D eigenvalue weighted by molar-refractivity contribution is -0.274. The molecule has 1 unspecified atom stereocenters. The molecule has 5 fully saturated rings. The predicted octanol–water partition coefficient (Wildman–Crippen LogP) is 4.11. The molecule has 5 aliphatic rings. The van der Waals surface area contributed by atoms with Crippen molar-refractivity contribution in [2.75, 3.05) is 30.3 Å². The van der Waals surface area contributed by atoms with Crippen molar-refractivity contribution < 1.29 is 17.9 Å². The molecule has 0 amide bonds. The Labute approximate surface area is 219 Å². The molecule has 1 aliphatic heterocycles. The number of nitriles is 1. The molecule has 4 bridgehead atoms. The van der Waals surface area contributed by atoms with Crippen molar-refractivity contribution in [1.82, 2.24) is 14.9 Å². The van der Waals surface area contributed by atoms with E-state index in [1.807, 2.05) is 0 Å². The predicted molar refractivity (Wildman–Crippen MR) is 135 cm³/mol. The molecule has 4 N–H and O–H groups in total. The SMILES string of the molecule is N#Cc1cnc(NCc2ccccc2OC(F)(F)F)nc1NC[C@]12CC3C[C@H](C1)[C@H](N1CC(N)C1)[C@@H](C3)C2. The molecule has 1 aromatic carbocycles. The Balaban J connectivity index is 1.13. The maximum absolute atomic E-state index is 12.8. The number of para-hydroxylation sites is 1. The smallest absolute Gasteiger partial charge is 0.405 e. The Bertz CT molecular complexity index is 1210. The number of benzene rings is 1. The van der Waals surface area contributed by atoms with Crippen LogP contribution in [0.25, 0.3) is 0 Å². The third-order valence-electron chi connectivity index (χ3n) is 8.89. The van der Waals surface area contributed by atoms with Gasteiger partial charge in [-0.25, -0.2) is 4.98 Å². The number of likely N-dealkylation sites (tertiary alicyclic amines) is 1. The van der Waals surface area contributed by atoms with Gasteiger partial charge in [-0.1, -0.05) is 18.2 Å². The topological polar surface area (TPSA) is 112 Å². The fraction of sp³-hybridized carbons (Fsp3) is 0.593. The largest absolute Gasteiger partial charge is 0.573 e. The molecular weight excluding hydrogens is 495 g/mol. The quantitative estimate of drug-likeness (QED) is 0.470. The Kier molecular flexibility index (Phi) is 6.35. The zero-order valence-electron chi connectivity index (χ0n) is 21.0. The highest BCUT2D eigenvalue weighted by molar-refractivity contribution is 5.53. The zero-order chi connectivity index (χ0) is 26.5. The van der Waals surface area contributed by atoms with E-state index < -0.39 is 6.36 Å². The van der Waals surface area contributed by atoms with Crippen molar-refractivity contribution in [1.29, 1.82) is 5.26 Å². The van der Waals surface area contributed by atoms with Crippen LogP contribution in [0.5, 0.6) is 5.75 Å². The Morgan fingerprint density at radius 1 is 1.13 bits per heavy atom. The summed E-state index contributed by atoms with van der Waals surface area (Å²) >= 11 is 0. The lowest BCUT2D eigenvalue weighted by Crippen LogP contribution is -2.67. The minimum Gasteiger partial charge on any atom is -0.405 e. The molecule has 1 aromatic heterocycles. The molecule has 38 heavy (non-hydrogen) atoms. The van der Waals surface area contributed by atoms with Gasteiger partial charge >= 0.3 is 6.36 Å². The first-order valence-electron chi connectivity index (χ1n) is 13.3. The number of rotatable bonds is 8. The number of aromatic nitrogens is 2. The molecule has 5 atom stereocenters. The van der Waals surface area contributed by atoms with Crippen molar-refractivity contribution in [2.45, 2.75) is 57.1 Å². The molecule has 0 spiro atoms. The minimum atomic E-state index is -4.78. The highest BCUT2D eigenvalue weighted by Crippen LogP contribution is 2.61. The van der Waals surface area contributed by atoms with Crippen LogP contribution >= 0.6 is 0 Å². The van der Waals surface area contributed by atoms with Crippen molar-refractivity contribution in [3.05, 3.63) is 41.6 Å². The number of ether oxygens (including phenoxy) is 1. The van der Waals surface area contributed by atoms with Gasteiger partial charge in [0.25, 0.3) is 0 Å². The first kappa shape index (κ1) is 25.2. The molecule has 8 nitrogen and oxygen atoms in total. The van der Waals surface area contributed by atoms with Crippen molar-refractivity contribution >= 4 is 11.8 Å². The van der Waals surface area contributed by atoms with Gasteiger partial charge in [-0.05, 0) is 61.3 Å².